The summed E-state index contributed by atoms with van der Waals surface area (Å²) in [5.74, 6) is -2.58. The molecule has 1 aliphatic heterocycles. The van der Waals surface area contributed by atoms with Gasteiger partial charge in [-0.05, 0) is 6.92 Å². The first-order valence-corrected chi connectivity index (χ1v) is 10.3. The van der Waals surface area contributed by atoms with E-state index in [1.165, 1.54) is 0 Å². The highest BCUT2D eigenvalue weighted by Gasteiger charge is 2.47. The Kier molecular flexibility index (Phi) is 11.9. The summed E-state index contributed by atoms with van der Waals surface area (Å²) in [6, 6.07) is -2.96. The van der Waals surface area contributed by atoms with Crippen LogP contribution in [-0.2, 0) is 33.4 Å². The monoisotopic (exact) mass is 496 g/mol. The molecule has 1 fully saturated rings. The third kappa shape index (κ3) is 7.92. The number of aliphatic hydroxyl groups excluding tert-OH is 6. The van der Waals surface area contributed by atoms with Crippen molar-refractivity contribution in [3.8, 4) is 0 Å². The van der Waals surface area contributed by atoms with Gasteiger partial charge in [0.05, 0.1) is 13.2 Å². The lowest BCUT2D eigenvalue weighted by Gasteiger charge is -2.43. The molecule has 8 N–H and O–H groups in total. The second kappa shape index (κ2) is 13.6. The van der Waals surface area contributed by atoms with Crippen LogP contribution in [0, 0.1) is 0 Å². The minimum absolute atomic E-state index is 0.148. The van der Waals surface area contributed by atoms with Crippen LogP contribution in [0.2, 0.25) is 0 Å². The molecular weight excluding hydrogens is 464 g/mol. The molecule has 2 amide bonds. The molecule has 10 atom stereocenters. The summed E-state index contributed by atoms with van der Waals surface area (Å²) in [5, 5.41) is 63.4. The lowest BCUT2D eigenvalue weighted by Crippen LogP contribution is -2.65. The van der Waals surface area contributed by atoms with E-state index in [9.17, 15) is 44.7 Å². The molecule has 0 spiro atoms. The van der Waals surface area contributed by atoms with Crippen molar-refractivity contribution in [2.75, 3.05) is 13.2 Å². The summed E-state index contributed by atoms with van der Waals surface area (Å²) >= 11 is 0. The lowest BCUT2D eigenvalue weighted by molar-refractivity contribution is -0.268. The van der Waals surface area contributed by atoms with E-state index in [0.29, 0.717) is 0 Å². The molecule has 0 saturated carbocycles. The van der Waals surface area contributed by atoms with Gasteiger partial charge < -0.3 is 60.3 Å². The normalized spacial score (nSPS) is 29.1. The largest absolute Gasteiger partial charge is 0.455 e. The molecule has 1 unspecified atom stereocenters. The number of nitrogens with one attached hydrogen (secondary N) is 2. The number of ether oxygens (including phenoxy) is 3. The van der Waals surface area contributed by atoms with Crippen molar-refractivity contribution in [3.05, 3.63) is 0 Å². The molecule has 15 heteroatoms. The third-order valence-electron chi connectivity index (χ3n) is 4.98. The Hall–Kier alpha value is -2.24. The van der Waals surface area contributed by atoms with Gasteiger partial charge in [-0.1, -0.05) is 0 Å². The van der Waals surface area contributed by atoms with Gasteiger partial charge in [0.25, 0.3) is 0 Å². The van der Waals surface area contributed by atoms with Crippen LogP contribution in [0.3, 0.4) is 0 Å². The van der Waals surface area contributed by atoms with E-state index >= 15 is 0 Å². The first-order valence-electron chi connectivity index (χ1n) is 10.3. The molecule has 1 heterocycles. The number of hydrogen-bond acceptors (Lipinski definition) is 13. The van der Waals surface area contributed by atoms with Gasteiger partial charge in [0.2, 0.25) is 11.8 Å². The second-order valence-electron chi connectivity index (χ2n) is 7.71. The van der Waals surface area contributed by atoms with Crippen molar-refractivity contribution in [3.63, 3.8) is 0 Å². The summed E-state index contributed by atoms with van der Waals surface area (Å²) in [7, 11) is 0. The van der Waals surface area contributed by atoms with E-state index < -0.39 is 92.1 Å². The zero-order valence-electron chi connectivity index (χ0n) is 18.8. The van der Waals surface area contributed by atoms with E-state index in [1.54, 1.807) is 0 Å². The molecule has 15 nitrogen and oxygen atoms in total. The van der Waals surface area contributed by atoms with Crippen LogP contribution in [0.5, 0.6) is 0 Å². The number of esters is 1. The Bertz CT molecular complexity index is 708. The van der Waals surface area contributed by atoms with Gasteiger partial charge >= 0.3 is 5.97 Å². The molecule has 0 aromatic carbocycles. The van der Waals surface area contributed by atoms with Crippen LogP contribution in [0.15, 0.2) is 0 Å². The highest BCUT2D eigenvalue weighted by Crippen LogP contribution is 2.24. The minimum atomic E-state index is -2.00. The number of rotatable bonds is 12. The van der Waals surface area contributed by atoms with Crippen molar-refractivity contribution in [2.24, 2.45) is 0 Å². The van der Waals surface area contributed by atoms with Gasteiger partial charge in [-0.25, -0.2) is 4.79 Å². The molecule has 1 rings (SSSR count). The maximum Gasteiger partial charge on any atom is 0.335 e. The Morgan fingerprint density at radius 3 is 2.21 bits per heavy atom. The number of aliphatic hydroxyl groups is 6. The molecule has 196 valence electrons. The van der Waals surface area contributed by atoms with Crippen LogP contribution in [0.25, 0.3) is 0 Å². The van der Waals surface area contributed by atoms with Crippen LogP contribution in [0.1, 0.15) is 20.8 Å². The van der Waals surface area contributed by atoms with Crippen molar-refractivity contribution in [1.29, 1.82) is 0 Å². The van der Waals surface area contributed by atoms with Gasteiger partial charge in [0.15, 0.2) is 18.5 Å². The fourth-order valence-electron chi connectivity index (χ4n) is 3.27. The van der Waals surface area contributed by atoms with E-state index in [1.807, 2.05) is 0 Å². The van der Waals surface area contributed by atoms with Gasteiger partial charge in [-0.2, -0.15) is 0 Å². The first-order chi connectivity index (χ1) is 15.9. The summed E-state index contributed by atoms with van der Waals surface area (Å²) < 4.78 is 15.6. The van der Waals surface area contributed by atoms with Crippen molar-refractivity contribution >= 4 is 24.1 Å². The molecule has 0 aromatic rings. The average molecular weight is 496 g/mol. The number of hydrogen-bond donors (Lipinski definition) is 8. The molecule has 1 aliphatic rings. The standard InChI is InChI=1S/C19H32N2O13/c1-7(32-17-13(21-9(3)26)19(31)33-12(6-24)15(17)29)18(30)34-16(14(28)11(27)5-23)10(4-22)20-8(2)25/h4,7,10-17,19,23-24,27-29,31H,5-6H2,1-3H3,(H,20,25)(H,21,26)/t7?,10-,11+,12+,13+,14+,15+,16+,17+,19-/m0/s1. The van der Waals surface area contributed by atoms with E-state index in [4.69, 9.17) is 19.3 Å². The second-order valence-corrected chi connectivity index (χ2v) is 7.71. The Balaban J connectivity index is 3.10. The number of aldehydes is 1. The van der Waals surface area contributed by atoms with Gasteiger partial charge in [-0.3, -0.25) is 9.59 Å². The fraction of sp³-hybridized carbons (Fsp3) is 0.789. The topological polar surface area (TPSA) is 241 Å². The predicted octanol–water partition coefficient (Wildman–Crippen LogP) is -5.34. The minimum Gasteiger partial charge on any atom is -0.455 e. The maximum absolute atomic E-state index is 12.7. The van der Waals surface area contributed by atoms with E-state index in [-0.39, 0.29) is 6.29 Å². The summed E-state index contributed by atoms with van der Waals surface area (Å²) in [4.78, 5) is 47.0. The zero-order chi connectivity index (χ0) is 26.2. The molecule has 0 aromatic heterocycles. The SMILES string of the molecule is CC(=O)N[C@@H]1[C@@H](OC(C)C(=O)O[C@@H]([C@H](O)[C@H](O)CO)[C@H](C=O)NC(C)=O)[C@H](O)[C@@H](CO)O[C@@H]1O. The predicted molar refractivity (Wildman–Crippen MR) is 109 cm³/mol. The lowest BCUT2D eigenvalue weighted by atomic mass is 9.96. The molecule has 34 heavy (non-hydrogen) atoms. The zero-order valence-corrected chi connectivity index (χ0v) is 18.8. The number of amides is 2. The van der Waals surface area contributed by atoms with Crippen molar-refractivity contribution in [2.45, 2.75) is 81.9 Å². The van der Waals surface area contributed by atoms with Gasteiger partial charge in [-0.15, -0.1) is 0 Å². The highest BCUT2D eigenvalue weighted by molar-refractivity contribution is 5.79. The number of carbonyl (C=O) groups excluding carboxylic acids is 4. The number of carbonyl (C=O) groups is 4. The van der Waals surface area contributed by atoms with Crippen LogP contribution >= 0.6 is 0 Å². The molecular formula is C19H32N2O13. The highest BCUT2D eigenvalue weighted by atomic mass is 16.6. The van der Waals surface area contributed by atoms with Crippen LogP contribution < -0.4 is 10.6 Å². The fourth-order valence-corrected chi connectivity index (χ4v) is 3.27. The molecule has 0 bridgehead atoms. The smallest absolute Gasteiger partial charge is 0.335 e. The Labute approximate surface area is 194 Å². The van der Waals surface area contributed by atoms with Crippen molar-refractivity contribution < 1.29 is 64.0 Å². The summed E-state index contributed by atoms with van der Waals surface area (Å²) in [6.07, 6.45) is -13.2. The van der Waals surface area contributed by atoms with Crippen LogP contribution in [0.4, 0.5) is 0 Å². The first kappa shape index (κ1) is 29.8. The molecule has 1 saturated heterocycles. The quantitative estimate of drug-likeness (QED) is 0.0931. The Morgan fingerprint density at radius 2 is 1.74 bits per heavy atom. The average Bonchev–Trinajstić information content (AvgIpc) is 2.78. The molecule has 0 aliphatic carbocycles. The van der Waals surface area contributed by atoms with Gasteiger partial charge in [0.1, 0.15) is 48.9 Å². The van der Waals surface area contributed by atoms with Gasteiger partial charge in [0, 0.05) is 13.8 Å². The third-order valence-corrected chi connectivity index (χ3v) is 4.98. The Morgan fingerprint density at radius 1 is 1.12 bits per heavy atom. The van der Waals surface area contributed by atoms with Crippen molar-refractivity contribution in [1.82, 2.24) is 10.6 Å². The maximum atomic E-state index is 12.7. The van der Waals surface area contributed by atoms with E-state index in [2.05, 4.69) is 10.6 Å². The summed E-state index contributed by atoms with van der Waals surface area (Å²) in [5.41, 5.74) is 0. The van der Waals surface area contributed by atoms with Crippen LogP contribution in [-0.4, -0.2) is 129 Å². The molecule has 0 radical (unpaired) electrons. The summed E-state index contributed by atoms with van der Waals surface area (Å²) in [6.45, 7) is 1.63. The van der Waals surface area contributed by atoms with E-state index in [0.717, 1.165) is 20.8 Å².